The third-order valence-electron chi connectivity index (χ3n) is 4.95. The predicted molar refractivity (Wildman–Crippen MR) is 109 cm³/mol. The second-order valence-corrected chi connectivity index (χ2v) is 10.8. The number of benzene rings is 1. The fourth-order valence-corrected chi connectivity index (χ4v) is 4.74. The van der Waals surface area contributed by atoms with Gasteiger partial charge in [0.05, 0.1) is 28.6 Å². The summed E-state index contributed by atoms with van der Waals surface area (Å²) in [6.45, 7) is 10.0. The molecule has 160 valence electrons. The number of ether oxygens (including phenoxy) is 1. The van der Waals surface area contributed by atoms with E-state index in [-0.39, 0.29) is 22.9 Å². The molecule has 0 saturated carbocycles. The molecule has 2 heterocycles. The summed E-state index contributed by atoms with van der Waals surface area (Å²) in [5.74, 6) is 0.770. The minimum Gasteiger partial charge on any atom is -0.444 e. The average molecular weight is 424 g/mol. The van der Waals surface area contributed by atoms with Crippen LogP contribution in [0.25, 0.3) is 11.0 Å². The Kier molecular flexibility index (Phi) is 5.42. The standard InChI is InChI=1S/C20H29N3O5S/c1-12(2)17-18-21-14-9-13(11-24)16(29(6,26)27)10-15(14)22(18)7-8-23(17)19(25)28-20(3,4)5/h9-10,12,17,24H,7-8,11H2,1-6H3. The number of aromatic nitrogens is 2. The molecule has 8 nitrogen and oxygen atoms in total. The van der Waals surface area contributed by atoms with Crippen molar-refractivity contribution in [3.63, 3.8) is 0 Å². The second kappa shape index (κ2) is 7.28. The maximum Gasteiger partial charge on any atom is 0.410 e. The normalized spacial score (nSPS) is 17.7. The maximum absolute atomic E-state index is 12.8. The lowest BCUT2D eigenvalue weighted by Crippen LogP contribution is -2.46. The number of carbonyl (C=O) groups is 1. The third-order valence-corrected chi connectivity index (χ3v) is 6.13. The summed E-state index contributed by atoms with van der Waals surface area (Å²) >= 11 is 0. The number of aliphatic hydroxyl groups is 1. The number of imidazole rings is 1. The van der Waals surface area contributed by atoms with Crippen molar-refractivity contribution < 1.29 is 23.1 Å². The van der Waals surface area contributed by atoms with Gasteiger partial charge in [-0.2, -0.15) is 0 Å². The van der Waals surface area contributed by atoms with Gasteiger partial charge in [0.25, 0.3) is 0 Å². The molecule has 3 rings (SSSR count). The van der Waals surface area contributed by atoms with E-state index < -0.39 is 22.0 Å². The van der Waals surface area contributed by atoms with E-state index >= 15 is 0 Å². The highest BCUT2D eigenvalue weighted by atomic mass is 32.2. The Morgan fingerprint density at radius 1 is 1.31 bits per heavy atom. The molecular weight excluding hydrogens is 394 g/mol. The first kappa shape index (κ1) is 21.6. The molecule has 9 heteroatoms. The van der Waals surface area contributed by atoms with Gasteiger partial charge in [-0.1, -0.05) is 13.8 Å². The zero-order chi connectivity index (χ0) is 21.7. The fraction of sp³-hybridized carbons (Fsp3) is 0.600. The van der Waals surface area contributed by atoms with Crippen LogP contribution in [-0.2, 0) is 27.7 Å². The monoisotopic (exact) mass is 423 g/mol. The number of sulfone groups is 1. The summed E-state index contributed by atoms with van der Waals surface area (Å²) in [5, 5.41) is 9.64. The van der Waals surface area contributed by atoms with Gasteiger partial charge >= 0.3 is 6.09 Å². The molecule has 1 atom stereocenters. The molecule has 29 heavy (non-hydrogen) atoms. The molecule has 1 aliphatic rings. The topological polar surface area (TPSA) is 102 Å². The molecule has 0 saturated heterocycles. The molecular formula is C20H29N3O5S. The number of amides is 1. The molecule has 0 spiro atoms. The second-order valence-electron chi connectivity index (χ2n) is 8.86. The fourth-order valence-electron chi connectivity index (χ4n) is 3.81. The first-order valence-corrected chi connectivity index (χ1v) is 11.6. The van der Waals surface area contributed by atoms with Gasteiger partial charge in [0.2, 0.25) is 0 Å². The molecule has 1 aromatic heterocycles. The summed E-state index contributed by atoms with van der Waals surface area (Å²) in [4.78, 5) is 19.3. The van der Waals surface area contributed by atoms with Gasteiger partial charge in [-0.05, 0) is 44.4 Å². The molecule has 0 aliphatic carbocycles. The van der Waals surface area contributed by atoms with Gasteiger partial charge in [-0.15, -0.1) is 0 Å². The molecule has 1 N–H and O–H groups in total. The Bertz CT molecular complexity index is 1050. The lowest BCUT2D eigenvalue weighted by molar-refractivity contribution is 0.00401. The Morgan fingerprint density at radius 3 is 2.48 bits per heavy atom. The van der Waals surface area contributed by atoms with Gasteiger partial charge in [0.1, 0.15) is 11.4 Å². The summed E-state index contributed by atoms with van der Waals surface area (Å²) < 4.78 is 31.9. The molecule has 1 aliphatic heterocycles. The van der Waals surface area contributed by atoms with Crippen molar-refractivity contribution >= 4 is 27.0 Å². The van der Waals surface area contributed by atoms with E-state index in [4.69, 9.17) is 9.72 Å². The predicted octanol–water partition coefficient (Wildman–Crippen LogP) is 2.88. The Labute approximate surface area is 171 Å². The van der Waals surface area contributed by atoms with Crippen LogP contribution in [-0.4, -0.2) is 52.5 Å². The van der Waals surface area contributed by atoms with Crippen LogP contribution in [0, 0.1) is 5.92 Å². The van der Waals surface area contributed by atoms with Gasteiger partial charge in [-0.3, -0.25) is 4.90 Å². The van der Waals surface area contributed by atoms with Gasteiger partial charge in [0.15, 0.2) is 9.84 Å². The number of aliphatic hydroxyl groups excluding tert-OH is 1. The Hall–Kier alpha value is -2.13. The van der Waals surface area contributed by atoms with Crippen LogP contribution in [0.15, 0.2) is 17.0 Å². The van der Waals surface area contributed by atoms with E-state index in [1.54, 1.807) is 17.0 Å². The molecule has 1 unspecified atom stereocenters. The maximum atomic E-state index is 12.8. The summed E-state index contributed by atoms with van der Waals surface area (Å²) in [6.07, 6.45) is 0.740. The average Bonchev–Trinajstić information content (AvgIpc) is 2.94. The van der Waals surface area contributed by atoms with Crippen LogP contribution in [0.4, 0.5) is 4.79 Å². The number of hydrogen-bond donors (Lipinski definition) is 1. The van der Waals surface area contributed by atoms with Crippen molar-refractivity contribution in [3.05, 3.63) is 23.5 Å². The van der Waals surface area contributed by atoms with Crippen LogP contribution in [0.1, 0.15) is 52.0 Å². The summed E-state index contributed by atoms with van der Waals surface area (Å²) in [5.41, 5.74) is 1.01. The Balaban J connectivity index is 2.14. The van der Waals surface area contributed by atoms with Crippen molar-refractivity contribution in [1.29, 1.82) is 0 Å². The number of hydrogen-bond acceptors (Lipinski definition) is 6. The number of fused-ring (bicyclic) bond motifs is 3. The molecule has 0 bridgehead atoms. The third kappa shape index (κ3) is 4.11. The number of carbonyl (C=O) groups excluding carboxylic acids is 1. The van der Waals surface area contributed by atoms with Crippen LogP contribution < -0.4 is 0 Å². The first-order chi connectivity index (χ1) is 13.3. The van der Waals surface area contributed by atoms with E-state index in [2.05, 4.69) is 0 Å². The van der Waals surface area contributed by atoms with Gasteiger partial charge in [-0.25, -0.2) is 18.2 Å². The molecule has 0 radical (unpaired) electrons. The van der Waals surface area contributed by atoms with Crippen molar-refractivity contribution in [1.82, 2.24) is 14.5 Å². The van der Waals surface area contributed by atoms with Crippen LogP contribution in [0.2, 0.25) is 0 Å². The lowest BCUT2D eigenvalue weighted by atomic mass is 10.0. The SMILES string of the molecule is CC(C)C1c2nc3cc(CO)c(S(C)(=O)=O)cc3n2CCN1C(=O)OC(C)(C)C. The lowest BCUT2D eigenvalue weighted by Gasteiger charge is -2.38. The van der Waals surface area contributed by atoms with E-state index in [0.717, 1.165) is 6.26 Å². The van der Waals surface area contributed by atoms with Crippen LogP contribution in [0.5, 0.6) is 0 Å². The molecule has 1 aromatic carbocycles. The molecule has 1 amide bonds. The van der Waals surface area contributed by atoms with E-state index in [1.807, 2.05) is 39.2 Å². The van der Waals surface area contributed by atoms with E-state index in [0.29, 0.717) is 35.5 Å². The largest absolute Gasteiger partial charge is 0.444 e. The highest BCUT2D eigenvalue weighted by Gasteiger charge is 2.38. The smallest absolute Gasteiger partial charge is 0.410 e. The highest BCUT2D eigenvalue weighted by Crippen LogP contribution is 2.36. The zero-order valence-electron chi connectivity index (χ0n) is 17.8. The van der Waals surface area contributed by atoms with Crippen LogP contribution in [0.3, 0.4) is 0 Å². The molecule has 2 aromatic rings. The van der Waals surface area contributed by atoms with E-state index in [9.17, 15) is 18.3 Å². The highest BCUT2D eigenvalue weighted by molar-refractivity contribution is 7.90. The summed E-state index contributed by atoms with van der Waals surface area (Å²) in [7, 11) is -3.50. The van der Waals surface area contributed by atoms with Gasteiger partial charge in [0, 0.05) is 19.3 Å². The van der Waals surface area contributed by atoms with E-state index in [1.165, 1.54) is 0 Å². The Morgan fingerprint density at radius 2 is 1.97 bits per heavy atom. The van der Waals surface area contributed by atoms with Crippen molar-refractivity contribution in [2.75, 3.05) is 12.8 Å². The molecule has 0 fully saturated rings. The van der Waals surface area contributed by atoms with Crippen molar-refractivity contribution in [2.24, 2.45) is 5.92 Å². The van der Waals surface area contributed by atoms with Crippen LogP contribution >= 0.6 is 0 Å². The first-order valence-electron chi connectivity index (χ1n) is 9.67. The van der Waals surface area contributed by atoms with Crippen molar-refractivity contribution in [2.45, 2.75) is 64.3 Å². The van der Waals surface area contributed by atoms with Crippen molar-refractivity contribution in [3.8, 4) is 0 Å². The van der Waals surface area contributed by atoms with Gasteiger partial charge < -0.3 is 14.4 Å². The number of rotatable bonds is 3. The quantitative estimate of drug-likeness (QED) is 0.814. The summed E-state index contributed by atoms with van der Waals surface area (Å²) in [6, 6.07) is 2.89. The number of nitrogens with zero attached hydrogens (tertiary/aromatic N) is 3. The minimum atomic E-state index is -3.50. The zero-order valence-corrected chi connectivity index (χ0v) is 18.6. The minimum absolute atomic E-state index is 0.0741.